The summed E-state index contributed by atoms with van der Waals surface area (Å²) in [5, 5.41) is 12.2. The van der Waals surface area contributed by atoms with E-state index in [1.807, 2.05) is 32.9 Å². The Bertz CT molecular complexity index is 976. The lowest BCUT2D eigenvalue weighted by atomic mass is 10.1. The van der Waals surface area contributed by atoms with Gasteiger partial charge in [-0.1, -0.05) is 12.1 Å². The molecule has 2 amide bonds. The molecule has 1 N–H and O–H groups in total. The number of ether oxygens (including phenoxy) is 1. The molecule has 0 unspecified atom stereocenters. The van der Waals surface area contributed by atoms with Crippen LogP contribution in [0.4, 0.5) is 4.79 Å². The SMILES string of the molecule is CC(C)(C)OC(=O)N[C@@H]1CCCN(C(=O)c2nc(-c3ccc(C#N)cc3)c(Br)s2)C1. The fourth-order valence-corrected chi connectivity index (χ4v) is 4.72. The van der Waals surface area contributed by atoms with E-state index in [2.05, 4.69) is 32.3 Å². The van der Waals surface area contributed by atoms with Crippen molar-refractivity contribution in [2.45, 2.75) is 45.3 Å². The number of hydrogen-bond acceptors (Lipinski definition) is 6. The summed E-state index contributed by atoms with van der Waals surface area (Å²) in [6.45, 7) is 6.48. The summed E-state index contributed by atoms with van der Waals surface area (Å²) >= 11 is 4.78. The maximum absolute atomic E-state index is 13.0. The first-order valence-corrected chi connectivity index (χ1v) is 11.2. The van der Waals surface area contributed by atoms with Crippen LogP contribution < -0.4 is 5.32 Å². The van der Waals surface area contributed by atoms with Crippen molar-refractivity contribution in [3.05, 3.63) is 38.6 Å². The monoisotopic (exact) mass is 490 g/mol. The van der Waals surface area contributed by atoms with Gasteiger partial charge in [0.25, 0.3) is 5.91 Å². The van der Waals surface area contributed by atoms with Gasteiger partial charge in [0.05, 0.1) is 21.1 Å². The summed E-state index contributed by atoms with van der Waals surface area (Å²) in [6.07, 6.45) is 1.12. The Morgan fingerprint density at radius 1 is 1.33 bits per heavy atom. The van der Waals surface area contributed by atoms with Gasteiger partial charge in [0.15, 0.2) is 5.01 Å². The fraction of sp³-hybridized carbons (Fsp3) is 0.429. The fourth-order valence-electron chi connectivity index (χ4n) is 3.16. The lowest BCUT2D eigenvalue weighted by molar-refractivity contribution is 0.0452. The molecule has 1 saturated heterocycles. The number of rotatable bonds is 3. The van der Waals surface area contributed by atoms with E-state index in [1.54, 1.807) is 17.0 Å². The third kappa shape index (κ3) is 5.58. The Labute approximate surface area is 188 Å². The summed E-state index contributed by atoms with van der Waals surface area (Å²) in [5.41, 5.74) is 1.51. The first kappa shape index (κ1) is 22.2. The first-order valence-electron chi connectivity index (χ1n) is 9.62. The van der Waals surface area contributed by atoms with Crippen LogP contribution in [0, 0.1) is 11.3 Å². The Morgan fingerprint density at radius 3 is 2.67 bits per heavy atom. The highest BCUT2D eigenvalue weighted by atomic mass is 79.9. The predicted molar refractivity (Wildman–Crippen MR) is 118 cm³/mol. The number of aromatic nitrogens is 1. The van der Waals surface area contributed by atoms with Gasteiger partial charge >= 0.3 is 6.09 Å². The Kier molecular flexibility index (Phi) is 6.78. The van der Waals surface area contributed by atoms with E-state index in [9.17, 15) is 9.59 Å². The van der Waals surface area contributed by atoms with Crippen LogP contribution in [-0.4, -0.2) is 46.6 Å². The number of thiazole rings is 1. The molecule has 1 aliphatic heterocycles. The molecule has 1 aromatic carbocycles. The van der Waals surface area contributed by atoms with E-state index in [0.717, 1.165) is 22.2 Å². The minimum absolute atomic E-state index is 0.154. The number of piperidine rings is 1. The molecule has 0 bridgehead atoms. The minimum atomic E-state index is -0.566. The molecule has 0 aliphatic carbocycles. The minimum Gasteiger partial charge on any atom is -0.444 e. The highest BCUT2D eigenvalue weighted by Gasteiger charge is 2.29. The van der Waals surface area contributed by atoms with E-state index in [0.29, 0.717) is 29.4 Å². The van der Waals surface area contributed by atoms with E-state index >= 15 is 0 Å². The standard InChI is InChI=1S/C21H23BrN4O3S/c1-21(2,3)29-20(28)24-15-5-4-10-26(12-15)19(27)18-25-16(17(22)30-18)14-8-6-13(11-23)7-9-14/h6-9,15H,4-5,10,12H2,1-3H3,(H,24,28)/t15-/m1/s1. The molecule has 158 valence electrons. The van der Waals surface area contributed by atoms with Gasteiger partial charge < -0.3 is 15.0 Å². The maximum Gasteiger partial charge on any atom is 0.407 e. The molecular weight excluding hydrogens is 468 g/mol. The lowest BCUT2D eigenvalue weighted by Gasteiger charge is -2.33. The maximum atomic E-state index is 13.0. The molecule has 1 aromatic heterocycles. The second-order valence-corrected chi connectivity index (χ2v) is 10.4. The molecule has 7 nitrogen and oxygen atoms in total. The van der Waals surface area contributed by atoms with Gasteiger partial charge in [0.2, 0.25) is 0 Å². The molecule has 3 rings (SSSR count). The molecule has 30 heavy (non-hydrogen) atoms. The van der Waals surface area contributed by atoms with Crippen molar-refractivity contribution in [1.82, 2.24) is 15.2 Å². The normalized spacial score (nSPS) is 16.6. The highest BCUT2D eigenvalue weighted by Crippen LogP contribution is 2.34. The number of nitriles is 1. The van der Waals surface area contributed by atoms with E-state index in [4.69, 9.17) is 10.00 Å². The van der Waals surface area contributed by atoms with Crippen LogP contribution in [0.5, 0.6) is 0 Å². The van der Waals surface area contributed by atoms with Crippen molar-refractivity contribution in [1.29, 1.82) is 5.26 Å². The average molecular weight is 491 g/mol. The van der Waals surface area contributed by atoms with Crippen LogP contribution in [0.15, 0.2) is 28.1 Å². The van der Waals surface area contributed by atoms with E-state index in [1.165, 1.54) is 11.3 Å². The number of likely N-dealkylation sites (tertiary alicyclic amines) is 1. The molecule has 0 spiro atoms. The third-order valence-electron chi connectivity index (χ3n) is 4.49. The van der Waals surface area contributed by atoms with Gasteiger partial charge in [-0.2, -0.15) is 5.26 Å². The number of carbonyl (C=O) groups is 2. The van der Waals surface area contributed by atoms with E-state index < -0.39 is 11.7 Å². The zero-order valence-electron chi connectivity index (χ0n) is 17.1. The zero-order valence-corrected chi connectivity index (χ0v) is 19.5. The number of carbonyl (C=O) groups excluding carboxylic acids is 2. The highest BCUT2D eigenvalue weighted by molar-refractivity contribution is 9.11. The molecular formula is C21H23BrN4O3S. The van der Waals surface area contributed by atoms with Gasteiger partial charge in [-0.05, 0) is 61.7 Å². The first-order chi connectivity index (χ1) is 14.2. The van der Waals surface area contributed by atoms with Crippen molar-refractivity contribution in [3.63, 3.8) is 0 Å². The van der Waals surface area contributed by atoms with Crippen LogP contribution in [0.1, 0.15) is 49.0 Å². The molecule has 1 atom stereocenters. The topological polar surface area (TPSA) is 95.3 Å². The molecule has 2 heterocycles. The van der Waals surface area contributed by atoms with Crippen LogP contribution >= 0.6 is 27.3 Å². The van der Waals surface area contributed by atoms with Crippen molar-refractivity contribution >= 4 is 39.3 Å². The Hall–Kier alpha value is -2.44. The van der Waals surface area contributed by atoms with Gasteiger partial charge in [0, 0.05) is 24.7 Å². The molecule has 0 saturated carbocycles. The van der Waals surface area contributed by atoms with Crippen LogP contribution in [0.25, 0.3) is 11.3 Å². The number of hydrogen-bond donors (Lipinski definition) is 1. The van der Waals surface area contributed by atoms with Crippen molar-refractivity contribution < 1.29 is 14.3 Å². The Balaban J connectivity index is 1.69. The van der Waals surface area contributed by atoms with Crippen LogP contribution in [0.2, 0.25) is 0 Å². The van der Waals surface area contributed by atoms with Gasteiger partial charge in [-0.25, -0.2) is 9.78 Å². The predicted octanol–water partition coefficient (Wildman–Crippen LogP) is 4.57. The summed E-state index contributed by atoms with van der Waals surface area (Å²) < 4.78 is 6.08. The number of nitrogens with zero attached hydrogens (tertiary/aromatic N) is 3. The van der Waals surface area contributed by atoms with Gasteiger partial charge in [-0.15, -0.1) is 11.3 Å². The smallest absolute Gasteiger partial charge is 0.407 e. The number of amides is 2. The number of nitrogens with one attached hydrogen (secondary N) is 1. The van der Waals surface area contributed by atoms with Crippen LogP contribution in [0.3, 0.4) is 0 Å². The summed E-state index contributed by atoms with van der Waals surface area (Å²) in [6, 6.07) is 9.01. The number of halogens is 1. The number of alkyl carbamates (subject to hydrolysis) is 1. The molecule has 0 radical (unpaired) electrons. The molecule has 2 aromatic rings. The molecule has 1 fully saturated rings. The summed E-state index contributed by atoms with van der Waals surface area (Å²) in [5.74, 6) is -0.156. The second kappa shape index (κ2) is 9.14. The third-order valence-corrected chi connectivity index (χ3v) is 6.18. The molecule has 9 heteroatoms. The van der Waals surface area contributed by atoms with Crippen LogP contribution in [-0.2, 0) is 4.74 Å². The van der Waals surface area contributed by atoms with Crippen molar-refractivity contribution in [2.75, 3.05) is 13.1 Å². The average Bonchev–Trinajstić information content (AvgIpc) is 3.07. The second-order valence-electron chi connectivity index (χ2n) is 8.07. The zero-order chi connectivity index (χ0) is 21.9. The Morgan fingerprint density at radius 2 is 2.03 bits per heavy atom. The van der Waals surface area contributed by atoms with Gasteiger partial charge in [0.1, 0.15) is 5.60 Å². The van der Waals surface area contributed by atoms with Crippen molar-refractivity contribution in [2.24, 2.45) is 0 Å². The van der Waals surface area contributed by atoms with Crippen molar-refractivity contribution in [3.8, 4) is 17.3 Å². The van der Waals surface area contributed by atoms with E-state index in [-0.39, 0.29) is 11.9 Å². The summed E-state index contributed by atoms with van der Waals surface area (Å²) in [7, 11) is 0. The van der Waals surface area contributed by atoms with Gasteiger partial charge in [-0.3, -0.25) is 4.79 Å². The lowest BCUT2D eigenvalue weighted by Crippen LogP contribution is -2.50. The molecule has 1 aliphatic rings. The number of benzene rings is 1. The summed E-state index contributed by atoms with van der Waals surface area (Å²) in [4.78, 5) is 31.3. The largest absolute Gasteiger partial charge is 0.444 e. The quantitative estimate of drug-likeness (QED) is 0.679.